The van der Waals surface area contributed by atoms with Crippen LogP contribution in [0.1, 0.15) is 12.8 Å². The van der Waals surface area contributed by atoms with Crippen molar-refractivity contribution in [3.8, 4) is 0 Å². The van der Waals surface area contributed by atoms with Gasteiger partial charge < -0.3 is 10.5 Å². The molecule has 1 aromatic carbocycles. The molecule has 1 saturated heterocycles. The molecule has 1 heterocycles. The summed E-state index contributed by atoms with van der Waals surface area (Å²) in [7, 11) is -0.368. The van der Waals surface area contributed by atoms with E-state index in [0.717, 1.165) is 31.0 Å². The number of ether oxygens (including phenoxy) is 1. The SMILES string of the molecule is CN(C)S(=O)(=O)c1ccc(N)c(SC2CCOCC2)c1. The van der Waals surface area contributed by atoms with Gasteiger partial charge in [-0.25, -0.2) is 12.7 Å². The molecule has 20 heavy (non-hydrogen) atoms. The normalized spacial score (nSPS) is 17.6. The van der Waals surface area contributed by atoms with Gasteiger partial charge in [-0.2, -0.15) is 0 Å². The van der Waals surface area contributed by atoms with Gasteiger partial charge in [-0.3, -0.25) is 0 Å². The lowest BCUT2D eigenvalue weighted by molar-refractivity contribution is 0.100. The second-order valence-electron chi connectivity index (χ2n) is 4.92. The van der Waals surface area contributed by atoms with Crippen molar-refractivity contribution in [1.82, 2.24) is 4.31 Å². The lowest BCUT2D eigenvalue weighted by atomic mass is 10.2. The maximum Gasteiger partial charge on any atom is 0.242 e. The van der Waals surface area contributed by atoms with Crippen molar-refractivity contribution in [3.63, 3.8) is 0 Å². The number of hydrogen-bond donors (Lipinski definition) is 1. The molecule has 1 fully saturated rings. The molecule has 0 amide bonds. The van der Waals surface area contributed by atoms with Crippen LogP contribution in [0.15, 0.2) is 28.0 Å². The summed E-state index contributed by atoms with van der Waals surface area (Å²) in [6, 6.07) is 4.89. The monoisotopic (exact) mass is 316 g/mol. The number of nitrogens with zero attached hydrogens (tertiary/aromatic N) is 1. The minimum atomic E-state index is -3.42. The zero-order valence-electron chi connectivity index (χ0n) is 11.7. The average molecular weight is 316 g/mol. The molecule has 1 aliphatic heterocycles. The van der Waals surface area contributed by atoms with Gasteiger partial charge in [0, 0.05) is 43.1 Å². The Bertz CT molecular complexity index is 567. The molecule has 0 aliphatic carbocycles. The molecule has 1 aromatic rings. The lowest BCUT2D eigenvalue weighted by Gasteiger charge is -2.22. The Kier molecular flexibility index (Phi) is 4.95. The van der Waals surface area contributed by atoms with Gasteiger partial charge in [0.1, 0.15) is 0 Å². The number of nitrogen functional groups attached to an aromatic ring is 1. The van der Waals surface area contributed by atoms with Crippen LogP contribution in [0.3, 0.4) is 0 Å². The van der Waals surface area contributed by atoms with E-state index in [2.05, 4.69) is 0 Å². The van der Waals surface area contributed by atoms with Crippen LogP contribution in [-0.2, 0) is 14.8 Å². The largest absolute Gasteiger partial charge is 0.398 e. The Balaban J connectivity index is 2.25. The van der Waals surface area contributed by atoms with Crippen molar-refractivity contribution in [1.29, 1.82) is 0 Å². The van der Waals surface area contributed by atoms with Crippen LogP contribution in [0, 0.1) is 0 Å². The molecule has 0 radical (unpaired) electrons. The highest BCUT2D eigenvalue weighted by atomic mass is 32.2. The van der Waals surface area contributed by atoms with Gasteiger partial charge in [-0.1, -0.05) is 0 Å². The third-order valence-corrected chi connectivity index (χ3v) is 6.45. The van der Waals surface area contributed by atoms with Crippen molar-refractivity contribution in [3.05, 3.63) is 18.2 Å². The van der Waals surface area contributed by atoms with Crippen LogP contribution in [0.2, 0.25) is 0 Å². The number of rotatable bonds is 4. The topological polar surface area (TPSA) is 72.6 Å². The first-order chi connectivity index (χ1) is 9.41. The highest BCUT2D eigenvalue weighted by Crippen LogP contribution is 2.35. The Hall–Kier alpha value is -0.760. The van der Waals surface area contributed by atoms with E-state index in [9.17, 15) is 8.42 Å². The van der Waals surface area contributed by atoms with E-state index in [1.165, 1.54) is 18.4 Å². The predicted octanol–water partition coefficient (Wildman–Crippen LogP) is 1.79. The Morgan fingerprint density at radius 3 is 2.55 bits per heavy atom. The van der Waals surface area contributed by atoms with Crippen LogP contribution in [-0.4, -0.2) is 45.3 Å². The Labute approximate surface area is 124 Å². The fourth-order valence-corrected chi connectivity index (χ4v) is 4.15. The molecule has 2 N–H and O–H groups in total. The van der Waals surface area contributed by atoms with E-state index < -0.39 is 10.0 Å². The van der Waals surface area contributed by atoms with Crippen molar-refractivity contribution in [2.24, 2.45) is 0 Å². The molecular formula is C13H20N2O3S2. The van der Waals surface area contributed by atoms with Gasteiger partial charge in [0.15, 0.2) is 0 Å². The Morgan fingerprint density at radius 2 is 1.95 bits per heavy atom. The third kappa shape index (κ3) is 3.46. The standard InChI is InChI=1S/C13H20N2O3S2/c1-15(2)20(16,17)11-3-4-12(14)13(9-11)19-10-5-7-18-8-6-10/h3-4,9-10H,5-8,14H2,1-2H3. The summed E-state index contributed by atoms with van der Waals surface area (Å²) in [6.07, 6.45) is 1.93. The molecule has 1 aliphatic rings. The first kappa shape index (κ1) is 15.6. The van der Waals surface area contributed by atoms with E-state index in [1.807, 2.05) is 0 Å². The van der Waals surface area contributed by atoms with Crippen molar-refractivity contribution < 1.29 is 13.2 Å². The number of anilines is 1. The van der Waals surface area contributed by atoms with Crippen molar-refractivity contribution >= 4 is 27.5 Å². The molecule has 2 rings (SSSR count). The van der Waals surface area contributed by atoms with Gasteiger partial charge in [0.2, 0.25) is 10.0 Å². The van der Waals surface area contributed by atoms with Crippen LogP contribution in [0.4, 0.5) is 5.69 Å². The fraction of sp³-hybridized carbons (Fsp3) is 0.538. The summed E-state index contributed by atoms with van der Waals surface area (Å²) in [6.45, 7) is 1.51. The maximum atomic E-state index is 12.1. The van der Waals surface area contributed by atoms with Crippen LogP contribution >= 0.6 is 11.8 Å². The van der Waals surface area contributed by atoms with Crippen LogP contribution < -0.4 is 5.73 Å². The van der Waals surface area contributed by atoms with Gasteiger partial charge >= 0.3 is 0 Å². The molecule has 0 bridgehead atoms. The zero-order chi connectivity index (χ0) is 14.8. The van der Waals surface area contributed by atoms with E-state index in [1.54, 1.807) is 30.0 Å². The third-order valence-electron chi connectivity index (χ3n) is 3.23. The summed E-state index contributed by atoms with van der Waals surface area (Å²) in [5, 5.41) is 0.434. The molecule has 112 valence electrons. The number of hydrogen-bond acceptors (Lipinski definition) is 5. The van der Waals surface area contributed by atoms with E-state index >= 15 is 0 Å². The Morgan fingerprint density at radius 1 is 1.30 bits per heavy atom. The van der Waals surface area contributed by atoms with E-state index in [4.69, 9.17) is 10.5 Å². The second kappa shape index (κ2) is 6.34. The smallest absolute Gasteiger partial charge is 0.242 e. The number of thioether (sulfide) groups is 1. The minimum absolute atomic E-state index is 0.284. The average Bonchev–Trinajstić information content (AvgIpc) is 2.42. The summed E-state index contributed by atoms with van der Waals surface area (Å²) < 4.78 is 30.8. The molecule has 0 spiro atoms. The van der Waals surface area contributed by atoms with Crippen molar-refractivity contribution in [2.75, 3.05) is 33.0 Å². The summed E-state index contributed by atoms with van der Waals surface area (Å²) in [5.41, 5.74) is 6.59. The molecule has 0 atom stereocenters. The van der Waals surface area contributed by atoms with E-state index in [0.29, 0.717) is 10.9 Å². The zero-order valence-corrected chi connectivity index (χ0v) is 13.3. The van der Waals surface area contributed by atoms with Crippen LogP contribution in [0.25, 0.3) is 0 Å². The van der Waals surface area contributed by atoms with E-state index in [-0.39, 0.29) is 4.90 Å². The van der Waals surface area contributed by atoms with Gasteiger partial charge in [-0.15, -0.1) is 11.8 Å². The molecular weight excluding hydrogens is 296 g/mol. The van der Waals surface area contributed by atoms with Crippen LogP contribution in [0.5, 0.6) is 0 Å². The summed E-state index contributed by atoms with van der Waals surface area (Å²) in [4.78, 5) is 1.12. The summed E-state index contributed by atoms with van der Waals surface area (Å²) in [5.74, 6) is 0. The first-order valence-corrected chi connectivity index (χ1v) is 8.79. The fourth-order valence-electron chi connectivity index (χ4n) is 1.96. The highest BCUT2D eigenvalue weighted by Gasteiger charge is 2.21. The highest BCUT2D eigenvalue weighted by molar-refractivity contribution is 8.00. The number of benzene rings is 1. The molecule has 0 aromatic heterocycles. The maximum absolute atomic E-state index is 12.1. The van der Waals surface area contributed by atoms with Gasteiger partial charge in [0.05, 0.1) is 4.90 Å². The molecule has 0 unspecified atom stereocenters. The predicted molar refractivity (Wildman–Crippen MR) is 81.4 cm³/mol. The molecule has 5 nitrogen and oxygen atoms in total. The first-order valence-electron chi connectivity index (χ1n) is 6.47. The summed E-state index contributed by atoms with van der Waals surface area (Å²) >= 11 is 1.65. The molecule has 7 heteroatoms. The lowest BCUT2D eigenvalue weighted by Crippen LogP contribution is -2.22. The number of nitrogens with two attached hydrogens (primary N) is 1. The molecule has 0 saturated carbocycles. The second-order valence-corrected chi connectivity index (χ2v) is 8.41. The number of sulfonamides is 1. The van der Waals surface area contributed by atoms with Gasteiger partial charge in [-0.05, 0) is 31.0 Å². The van der Waals surface area contributed by atoms with Gasteiger partial charge in [0.25, 0.3) is 0 Å². The van der Waals surface area contributed by atoms with Crippen molar-refractivity contribution in [2.45, 2.75) is 27.9 Å². The minimum Gasteiger partial charge on any atom is -0.398 e. The quantitative estimate of drug-likeness (QED) is 0.857.